The minimum Gasteiger partial charge on any atom is -0.481 e. The largest absolute Gasteiger partial charge is 0.481 e. The molecule has 2 N–H and O–H groups in total. The van der Waals surface area contributed by atoms with Gasteiger partial charge in [0.05, 0.1) is 6.42 Å². The fourth-order valence-electron chi connectivity index (χ4n) is 1.52. The zero-order chi connectivity index (χ0) is 15.9. The van der Waals surface area contributed by atoms with E-state index >= 15 is 0 Å². The van der Waals surface area contributed by atoms with Crippen molar-refractivity contribution >= 4 is 27.3 Å². The van der Waals surface area contributed by atoms with Gasteiger partial charge in [-0.1, -0.05) is 13.8 Å². The summed E-state index contributed by atoms with van der Waals surface area (Å²) in [5.74, 6) is -0.517. The highest BCUT2D eigenvalue weighted by molar-refractivity contribution is 7.91. The van der Waals surface area contributed by atoms with Crippen molar-refractivity contribution in [2.24, 2.45) is 5.92 Å². The number of thiophene rings is 1. The molecule has 21 heavy (non-hydrogen) atoms. The SMILES string of the molecule is CC(C)COCCCNS(=O)(=O)c1ccc(CC(=O)O)s1. The number of sulfonamides is 1. The highest BCUT2D eigenvalue weighted by atomic mass is 32.2. The third kappa shape index (κ3) is 7.03. The van der Waals surface area contributed by atoms with Crippen molar-refractivity contribution in [2.45, 2.75) is 30.9 Å². The number of nitrogens with one attached hydrogen (secondary N) is 1. The molecule has 0 radical (unpaired) electrons. The molecule has 0 spiro atoms. The molecule has 0 unspecified atom stereocenters. The number of aliphatic carboxylic acids is 1. The summed E-state index contributed by atoms with van der Waals surface area (Å²) in [6.45, 7) is 5.57. The maximum atomic E-state index is 12.0. The standard InChI is InChI=1S/C13H21NO5S2/c1-10(2)9-19-7-3-6-14-21(17,18)13-5-4-11(20-13)8-12(15)16/h4-5,10,14H,3,6-9H2,1-2H3,(H,15,16). The van der Waals surface area contributed by atoms with Gasteiger partial charge in [0.1, 0.15) is 4.21 Å². The number of hydrogen-bond acceptors (Lipinski definition) is 5. The second-order valence-corrected chi connectivity index (χ2v) is 8.17. The van der Waals surface area contributed by atoms with Crippen LogP contribution in [0.25, 0.3) is 0 Å². The van der Waals surface area contributed by atoms with Crippen LogP contribution in [-0.2, 0) is 26.0 Å². The Labute approximate surface area is 129 Å². The predicted octanol–water partition coefficient (Wildman–Crippen LogP) is 1.72. The van der Waals surface area contributed by atoms with Gasteiger partial charge >= 0.3 is 5.97 Å². The molecule has 0 aliphatic heterocycles. The van der Waals surface area contributed by atoms with Crippen LogP contribution in [0.3, 0.4) is 0 Å². The van der Waals surface area contributed by atoms with Gasteiger partial charge in [-0.3, -0.25) is 4.79 Å². The summed E-state index contributed by atoms with van der Waals surface area (Å²) in [5.41, 5.74) is 0. The van der Waals surface area contributed by atoms with E-state index < -0.39 is 16.0 Å². The van der Waals surface area contributed by atoms with Crippen LogP contribution in [0.15, 0.2) is 16.3 Å². The molecule has 0 aromatic carbocycles. The molecule has 0 aliphatic carbocycles. The number of ether oxygens (including phenoxy) is 1. The first-order valence-corrected chi connectivity index (χ1v) is 8.99. The normalized spacial score (nSPS) is 12.0. The van der Waals surface area contributed by atoms with E-state index in [1.807, 2.05) is 13.8 Å². The molecule has 0 bridgehead atoms. The van der Waals surface area contributed by atoms with Gasteiger partial charge in [-0.25, -0.2) is 13.1 Å². The van der Waals surface area contributed by atoms with Crippen molar-refractivity contribution in [2.75, 3.05) is 19.8 Å². The zero-order valence-corrected chi connectivity index (χ0v) is 13.8. The monoisotopic (exact) mass is 335 g/mol. The third-order valence-electron chi connectivity index (χ3n) is 2.44. The molecular formula is C13H21NO5S2. The van der Waals surface area contributed by atoms with Crippen LogP contribution < -0.4 is 4.72 Å². The lowest BCUT2D eigenvalue weighted by molar-refractivity contribution is -0.136. The van der Waals surface area contributed by atoms with Gasteiger partial charge in [0.25, 0.3) is 0 Å². The number of carboxylic acid groups (broad SMARTS) is 1. The third-order valence-corrected chi connectivity index (χ3v) is 5.47. The van der Waals surface area contributed by atoms with Gasteiger partial charge in [-0.2, -0.15) is 0 Å². The van der Waals surface area contributed by atoms with Gasteiger partial charge in [0.2, 0.25) is 10.0 Å². The minimum absolute atomic E-state index is 0.141. The van der Waals surface area contributed by atoms with E-state index in [1.165, 1.54) is 12.1 Å². The van der Waals surface area contributed by atoms with Crippen LogP contribution in [-0.4, -0.2) is 39.3 Å². The minimum atomic E-state index is -3.56. The second-order valence-electron chi connectivity index (χ2n) is 5.01. The van der Waals surface area contributed by atoms with Crippen LogP contribution in [0, 0.1) is 5.92 Å². The van der Waals surface area contributed by atoms with E-state index in [2.05, 4.69) is 4.72 Å². The zero-order valence-electron chi connectivity index (χ0n) is 12.2. The van der Waals surface area contributed by atoms with Crippen molar-refractivity contribution in [1.29, 1.82) is 0 Å². The molecule has 1 aromatic heterocycles. The Morgan fingerprint density at radius 1 is 1.43 bits per heavy atom. The molecule has 1 rings (SSSR count). The van der Waals surface area contributed by atoms with Crippen molar-refractivity contribution < 1.29 is 23.1 Å². The van der Waals surface area contributed by atoms with E-state index in [1.54, 1.807) is 0 Å². The lowest BCUT2D eigenvalue weighted by Crippen LogP contribution is -2.25. The summed E-state index contributed by atoms with van der Waals surface area (Å²) >= 11 is 0.978. The molecular weight excluding hydrogens is 314 g/mol. The molecule has 0 saturated heterocycles. The quantitative estimate of drug-likeness (QED) is 0.635. The molecule has 6 nitrogen and oxygen atoms in total. The van der Waals surface area contributed by atoms with Gasteiger partial charge in [0, 0.05) is 24.6 Å². The Balaban J connectivity index is 2.39. The number of rotatable bonds is 10. The molecule has 0 aliphatic rings. The van der Waals surface area contributed by atoms with Crippen LogP contribution >= 0.6 is 11.3 Å². The molecule has 0 amide bonds. The smallest absolute Gasteiger partial charge is 0.308 e. The molecule has 8 heteroatoms. The summed E-state index contributed by atoms with van der Waals surface area (Å²) in [6.07, 6.45) is 0.433. The van der Waals surface area contributed by atoms with Crippen LogP contribution in [0.5, 0.6) is 0 Å². The van der Waals surface area contributed by atoms with E-state index in [4.69, 9.17) is 9.84 Å². The van der Waals surface area contributed by atoms with E-state index in [0.29, 0.717) is 37.0 Å². The lowest BCUT2D eigenvalue weighted by atomic mass is 10.2. The highest BCUT2D eigenvalue weighted by Crippen LogP contribution is 2.21. The first-order chi connectivity index (χ1) is 9.81. The van der Waals surface area contributed by atoms with Gasteiger partial charge in [0.15, 0.2) is 0 Å². The Bertz CT molecular complexity index is 551. The first kappa shape index (κ1) is 18.1. The lowest BCUT2D eigenvalue weighted by Gasteiger charge is -2.07. The average Bonchev–Trinajstić information content (AvgIpc) is 2.81. The number of hydrogen-bond donors (Lipinski definition) is 2. The average molecular weight is 335 g/mol. The summed E-state index contributed by atoms with van der Waals surface area (Å²) in [5, 5.41) is 8.67. The molecule has 120 valence electrons. The molecule has 1 aromatic rings. The van der Waals surface area contributed by atoms with Crippen LogP contribution in [0.1, 0.15) is 25.1 Å². The highest BCUT2D eigenvalue weighted by Gasteiger charge is 2.16. The van der Waals surface area contributed by atoms with Crippen LogP contribution in [0.4, 0.5) is 0 Å². The van der Waals surface area contributed by atoms with Gasteiger partial charge in [-0.05, 0) is 24.5 Å². The van der Waals surface area contributed by atoms with Crippen LogP contribution in [0.2, 0.25) is 0 Å². The van der Waals surface area contributed by atoms with Gasteiger partial charge < -0.3 is 9.84 Å². The fourth-order valence-corrected chi connectivity index (χ4v) is 3.98. The van der Waals surface area contributed by atoms with Crippen molar-refractivity contribution in [3.05, 3.63) is 17.0 Å². The summed E-state index contributed by atoms with van der Waals surface area (Å²) < 4.78 is 32.0. The number of carbonyl (C=O) groups is 1. The van der Waals surface area contributed by atoms with E-state index in [9.17, 15) is 13.2 Å². The molecule has 0 fully saturated rings. The maximum absolute atomic E-state index is 12.0. The summed E-state index contributed by atoms with van der Waals surface area (Å²) in [4.78, 5) is 11.1. The second kappa shape index (κ2) is 8.47. The summed E-state index contributed by atoms with van der Waals surface area (Å²) in [6, 6.07) is 2.96. The Morgan fingerprint density at radius 2 is 2.14 bits per heavy atom. The fraction of sp³-hybridized carbons (Fsp3) is 0.615. The Hall–Kier alpha value is -0.960. The predicted molar refractivity (Wildman–Crippen MR) is 81.1 cm³/mol. The van der Waals surface area contributed by atoms with E-state index in [-0.39, 0.29) is 10.6 Å². The van der Waals surface area contributed by atoms with Crippen molar-refractivity contribution in [3.63, 3.8) is 0 Å². The Kier molecular flexibility index (Phi) is 7.30. The van der Waals surface area contributed by atoms with Gasteiger partial charge in [-0.15, -0.1) is 11.3 Å². The molecule has 1 heterocycles. The molecule has 0 saturated carbocycles. The van der Waals surface area contributed by atoms with Crippen molar-refractivity contribution in [3.8, 4) is 0 Å². The van der Waals surface area contributed by atoms with E-state index in [0.717, 1.165) is 11.3 Å². The number of carboxylic acids is 1. The summed E-state index contributed by atoms with van der Waals surface area (Å²) in [7, 11) is -3.56. The molecule has 0 atom stereocenters. The first-order valence-electron chi connectivity index (χ1n) is 6.69. The topological polar surface area (TPSA) is 92.7 Å². The Morgan fingerprint density at radius 3 is 2.76 bits per heavy atom. The van der Waals surface area contributed by atoms with Crippen molar-refractivity contribution in [1.82, 2.24) is 4.72 Å². The maximum Gasteiger partial charge on any atom is 0.308 e.